The molecular formula is C18H18F3N3OS. The number of nitrogens with one attached hydrogen (secondary N) is 1. The van der Waals surface area contributed by atoms with Crippen LogP contribution in [0.3, 0.4) is 0 Å². The zero-order valence-electron chi connectivity index (χ0n) is 14.0. The predicted octanol–water partition coefficient (Wildman–Crippen LogP) is 4.49. The smallest absolute Gasteiger partial charge is 0.284 e. The Bertz CT molecular complexity index is 850. The third-order valence-electron chi connectivity index (χ3n) is 3.85. The van der Waals surface area contributed by atoms with Gasteiger partial charge >= 0.3 is 0 Å². The van der Waals surface area contributed by atoms with Crippen LogP contribution < -0.4 is 5.32 Å². The first-order valence-corrected chi connectivity index (χ1v) is 9.01. The summed E-state index contributed by atoms with van der Waals surface area (Å²) >= 11 is 0.518. The average Bonchev–Trinajstić information content (AvgIpc) is 3.23. The monoisotopic (exact) mass is 381 g/mol. The minimum atomic E-state index is -2.43. The Morgan fingerprint density at radius 3 is 2.73 bits per heavy atom. The second-order valence-electron chi connectivity index (χ2n) is 5.70. The molecule has 1 unspecified atom stereocenters. The molecule has 1 N–H and O–H groups in total. The van der Waals surface area contributed by atoms with Gasteiger partial charge in [0.15, 0.2) is 0 Å². The number of rotatable bonds is 8. The number of halogens is 3. The molecule has 1 atom stereocenters. The van der Waals surface area contributed by atoms with Crippen molar-refractivity contribution in [2.75, 3.05) is 0 Å². The van der Waals surface area contributed by atoms with E-state index in [4.69, 9.17) is 4.42 Å². The molecule has 3 aromatic rings. The topological polar surface area (TPSA) is 43.0 Å². The molecule has 1 aromatic carbocycles. The van der Waals surface area contributed by atoms with Crippen LogP contribution >= 0.6 is 11.8 Å². The predicted molar refractivity (Wildman–Crippen MR) is 94.3 cm³/mol. The van der Waals surface area contributed by atoms with Crippen molar-refractivity contribution in [2.24, 2.45) is 7.05 Å². The first kappa shape index (κ1) is 18.6. The van der Waals surface area contributed by atoms with Crippen LogP contribution in [0.2, 0.25) is 0 Å². The first-order chi connectivity index (χ1) is 12.5. The number of aryl methyl sites for hydroxylation is 1. The van der Waals surface area contributed by atoms with E-state index in [0.717, 1.165) is 11.4 Å². The van der Waals surface area contributed by atoms with Gasteiger partial charge in [0.1, 0.15) is 23.2 Å². The van der Waals surface area contributed by atoms with Crippen molar-refractivity contribution in [1.29, 1.82) is 0 Å². The van der Waals surface area contributed by atoms with Crippen molar-refractivity contribution in [3.8, 4) is 0 Å². The van der Waals surface area contributed by atoms with Crippen molar-refractivity contribution < 1.29 is 17.6 Å². The largest absolute Gasteiger partial charge is 0.464 e. The summed E-state index contributed by atoms with van der Waals surface area (Å²) in [5.41, 5.74) is 0.735. The zero-order chi connectivity index (χ0) is 18.5. The van der Waals surface area contributed by atoms with Gasteiger partial charge in [0.2, 0.25) is 0 Å². The van der Waals surface area contributed by atoms with E-state index in [9.17, 15) is 13.2 Å². The van der Waals surface area contributed by atoms with Crippen molar-refractivity contribution in [3.63, 3.8) is 0 Å². The summed E-state index contributed by atoms with van der Waals surface area (Å²) in [5.74, 6) is -0.799. The zero-order valence-corrected chi connectivity index (χ0v) is 14.8. The number of alkyl halides is 2. The molecule has 26 heavy (non-hydrogen) atoms. The first-order valence-electron chi connectivity index (χ1n) is 7.96. The van der Waals surface area contributed by atoms with Crippen LogP contribution in [0, 0.1) is 5.82 Å². The van der Waals surface area contributed by atoms with Crippen LogP contribution in [0.4, 0.5) is 13.2 Å². The molecule has 0 radical (unpaired) electrons. The van der Waals surface area contributed by atoms with Crippen LogP contribution in [0.5, 0.6) is 0 Å². The molecule has 138 valence electrons. The highest BCUT2D eigenvalue weighted by Gasteiger charge is 2.19. The number of hydrogen-bond acceptors (Lipinski definition) is 4. The van der Waals surface area contributed by atoms with Crippen LogP contribution in [0.1, 0.15) is 29.0 Å². The minimum Gasteiger partial charge on any atom is -0.464 e. The molecule has 8 heteroatoms. The molecule has 3 rings (SSSR count). The number of imidazole rings is 1. The molecular weight excluding hydrogens is 363 g/mol. The summed E-state index contributed by atoms with van der Waals surface area (Å²) in [7, 11) is 1.86. The fraction of sp³-hybridized carbons (Fsp3) is 0.278. The highest BCUT2D eigenvalue weighted by atomic mass is 32.2. The average molecular weight is 381 g/mol. The number of hydrogen-bond donors (Lipinski definition) is 1. The normalized spacial score (nSPS) is 12.7. The summed E-state index contributed by atoms with van der Waals surface area (Å²) in [5, 5.41) is 3.30. The van der Waals surface area contributed by atoms with Gasteiger partial charge in [0.05, 0.1) is 18.3 Å². The number of aromatic nitrogens is 2. The summed E-state index contributed by atoms with van der Waals surface area (Å²) in [6.07, 6.45) is 3.49. The SMILES string of the molecule is Cn1ccnc1C(NCc1ccc(CSC(F)F)o1)c1cccc(F)c1. The highest BCUT2D eigenvalue weighted by Crippen LogP contribution is 2.24. The van der Waals surface area contributed by atoms with E-state index < -0.39 is 5.76 Å². The van der Waals surface area contributed by atoms with Crippen LogP contribution in [-0.4, -0.2) is 15.3 Å². The van der Waals surface area contributed by atoms with E-state index in [0.29, 0.717) is 29.8 Å². The standard InChI is InChI=1S/C18H18F3N3OS/c1-24-8-7-22-17(24)16(12-3-2-4-13(19)9-12)23-10-14-5-6-15(25-14)11-26-18(20)21/h2-9,16,18,23H,10-11H2,1H3. The third-order valence-corrected chi connectivity index (χ3v) is 4.55. The maximum absolute atomic E-state index is 13.6. The summed E-state index contributed by atoms with van der Waals surface area (Å²) < 4.78 is 45.6. The number of thioether (sulfide) groups is 1. The van der Waals surface area contributed by atoms with Crippen LogP contribution in [-0.2, 0) is 19.3 Å². The Kier molecular flexibility index (Phi) is 6.05. The Hall–Kier alpha value is -2.19. The fourth-order valence-corrected chi connectivity index (χ4v) is 3.09. The Labute approximate surface area is 153 Å². The van der Waals surface area contributed by atoms with E-state index in [2.05, 4.69) is 10.3 Å². The van der Waals surface area contributed by atoms with E-state index >= 15 is 0 Å². The van der Waals surface area contributed by atoms with Gasteiger partial charge < -0.3 is 8.98 Å². The summed E-state index contributed by atoms with van der Waals surface area (Å²) in [4.78, 5) is 4.35. The van der Waals surface area contributed by atoms with E-state index in [1.807, 2.05) is 23.9 Å². The molecule has 0 saturated heterocycles. The van der Waals surface area contributed by atoms with Gasteiger partial charge in [-0.3, -0.25) is 5.32 Å². The van der Waals surface area contributed by atoms with Gasteiger partial charge in [0, 0.05) is 19.4 Å². The van der Waals surface area contributed by atoms with Crippen LogP contribution in [0.25, 0.3) is 0 Å². The van der Waals surface area contributed by atoms with Gasteiger partial charge in [-0.15, -0.1) is 0 Å². The van der Waals surface area contributed by atoms with Crippen molar-refractivity contribution in [2.45, 2.75) is 24.1 Å². The number of furan rings is 1. The van der Waals surface area contributed by atoms with Gasteiger partial charge in [-0.1, -0.05) is 23.9 Å². The van der Waals surface area contributed by atoms with Gasteiger partial charge in [-0.05, 0) is 29.8 Å². The molecule has 0 aliphatic rings. The van der Waals surface area contributed by atoms with Crippen molar-refractivity contribution in [1.82, 2.24) is 14.9 Å². The van der Waals surface area contributed by atoms with E-state index in [1.165, 1.54) is 12.1 Å². The molecule has 0 saturated carbocycles. The Morgan fingerprint density at radius 1 is 1.23 bits per heavy atom. The molecule has 4 nitrogen and oxygen atoms in total. The molecule has 2 aromatic heterocycles. The maximum Gasteiger partial charge on any atom is 0.284 e. The quantitative estimate of drug-likeness (QED) is 0.624. The number of benzene rings is 1. The maximum atomic E-state index is 13.6. The lowest BCUT2D eigenvalue weighted by Crippen LogP contribution is -2.24. The van der Waals surface area contributed by atoms with E-state index in [1.54, 1.807) is 24.4 Å². The molecule has 0 amide bonds. The molecule has 0 fully saturated rings. The fourth-order valence-electron chi connectivity index (χ4n) is 2.64. The highest BCUT2D eigenvalue weighted by molar-refractivity contribution is 7.98. The van der Waals surface area contributed by atoms with Crippen LogP contribution in [0.15, 0.2) is 53.2 Å². The molecule has 0 aliphatic heterocycles. The minimum absolute atomic E-state index is 0.115. The lowest BCUT2D eigenvalue weighted by atomic mass is 10.1. The van der Waals surface area contributed by atoms with Crippen molar-refractivity contribution >= 4 is 11.8 Å². The van der Waals surface area contributed by atoms with Gasteiger partial charge in [-0.25, -0.2) is 9.37 Å². The van der Waals surface area contributed by atoms with Crippen molar-refractivity contribution in [3.05, 3.63) is 77.5 Å². The van der Waals surface area contributed by atoms with E-state index in [-0.39, 0.29) is 17.6 Å². The lowest BCUT2D eigenvalue weighted by Gasteiger charge is -2.18. The third kappa shape index (κ3) is 4.70. The molecule has 2 heterocycles. The van der Waals surface area contributed by atoms with Gasteiger partial charge in [-0.2, -0.15) is 8.78 Å². The Balaban J connectivity index is 1.74. The summed E-state index contributed by atoms with van der Waals surface area (Å²) in [6, 6.07) is 9.41. The molecule has 0 aliphatic carbocycles. The molecule has 0 spiro atoms. The lowest BCUT2D eigenvalue weighted by molar-refractivity contribution is 0.251. The summed E-state index contributed by atoms with van der Waals surface area (Å²) in [6.45, 7) is 0.355. The molecule has 0 bridgehead atoms. The number of nitrogens with zero attached hydrogens (tertiary/aromatic N) is 2. The Morgan fingerprint density at radius 2 is 2.04 bits per heavy atom. The van der Waals surface area contributed by atoms with Gasteiger partial charge in [0.25, 0.3) is 5.76 Å². The second kappa shape index (κ2) is 8.46. The second-order valence-corrected chi connectivity index (χ2v) is 6.68.